The number of carbonyl (C=O) groups excluding carboxylic acids is 3. The van der Waals surface area contributed by atoms with E-state index in [4.69, 9.17) is 9.47 Å². The van der Waals surface area contributed by atoms with E-state index in [2.05, 4.69) is 24.5 Å². The van der Waals surface area contributed by atoms with Crippen molar-refractivity contribution in [2.45, 2.75) is 58.6 Å². The Morgan fingerprint density at radius 3 is 2.62 bits per heavy atom. The summed E-state index contributed by atoms with van der Waals surface area (Å²) in [6.45, 7) is 9.68. The first kappa shape index (κ1) is 23.6. The van der Waals surface area contributed by atoms with E-state index < -0.39 is 29.9 Å². The lowest BCUT2D eigenvalue weighted by Crippen LogP contribution is -2.42. The molecule has 2 aliphatic heterocycles. The van der Waals surface area contributed by atoms with Gasteiger partial charge in [0.15, 0.2) is 0 Å². The molecule has 1 fully saturated rings. The molecule has 4 amide bonds. The van der Waals surface area contributed by atoms with Crippen molar-refractivity contribution in [2.75, 3.05) is 18.5 Å². The molecule has 180 valence electrons. The van der Waals surface area contributed by atoms with Crippen molar-refractivity contribution in [2.24, 2.45) is 0 Å². The lowest BCUT2D eigenvalue weighted by Gasteiger charge is -2.23. The molecule has 2 N–H and O–H groups in total. The van der Waals surface area contributed by atoms with Crippen LogP contribution in [0.2, 0.25) is 0 Å². The van der Waals surface area contributed by atoms with E-state index in [1.54, 1.807) is 13.0 Å². The predicted octanol–water partition coefficient (Wildman–Crippen LogP) is 3.94. The van der Waals surface area contributed by atoms with Crippen LogP contribution in [0.3, 0.4) is 0 Å². The molecule has 2 aromatic carbocycles. The summed E-state index contributed by atoms with van der Waals surface area (Å²) in [6, 6.07) is 10.6. The first-order valence-corrected chi connectivity index (χ1v) is 11.6. The van der Waals surface area contributed by atoms with Gasteiger partial charge in [-0.2, -0.15) is 0 Å². The molecule has 0 aromatic heterocycles. The summed E-state index contributed by atoms with van der Waals surface area (Å²) in [7, 11) is 0. The summed E-state index contributed by atoms with van der Waals surface area (Å²) in [6.07, 6.45) is 0.816. The van der Waals surface area contributed by atoms with Crippen LogP contribution in [0.4, 0.5) is 10.5 Å². The fourth-order valence-electron chi connectivity index (χ4n) is 4.38. The molecule has 0 saturated carbocycles. The standard InChI is InChI=1S/C26H31N3O5/c1-6-33-22-12-18-11-16(4)34-21(18)13-20(22)27-23(30)14-29-24(31)26(5,28-25(29)32)19-9-7-17(8-10-19)15(2)3/h7-10,12-13,15-16H,6,11,14H2,1-5H3,(H,27,30)(H,28,32)/t16-,26-/m0/s1. The highest BCUT2D eigenvalue weighted by molar-refractivity contribution is 6.10. The summed E-state index contributed by atoms with van der Waals surface area (Å²) >= 11 is 0. The van der Waals surface area contributed by atoms with Crippen LogP contribution < -0.4 is 20.1 Å². The van der Waals surface area contributed by atoms with Crippen molar-refractivity contribution >= 4 is 23.5 Å². The molecule has 0 radical (unpaired) electrons. The number of nitrogens with one attached hydrogen (secondary N) is 2. The number of imide groups is 1. The number of hydrogen-bond acceptors (Lipinski definition) is 5. The fraction of sp³-hybridized carbons (Fsp3) is 0.423. The Labute approximate surface area is 199 Å². The van der Waals surface area contributed by atoms with Crippen LogP contribution in [0, 0.1) is 0 Å². The zero-order chi connectivity index (χ0) is 24.6. The van der Waals surface area contributed by atoms with E-state index in [1.807, 2.05) is 44.2 Å². The summed E-state index contributed by atoms with van der Waals surface area (Å²) in [5.74, 6) is 0.597. The Morgan fingerprint density at radius 2 is 1.97 bits per heavy atom. The van der Waals surface area contributed by atoms with Gasteiger partial charge in [0.2, 0.25) is 5.91 Å². The fourth-order valence-corrected chi connectivity index (χ4v) is 4.38. The molecule has 2 aromatic rings. The van der Waals surface area contributed by atoms with E-state index in [9.17, 15) is 14.4 Å². The smallest absolute Gasteiger partial charge is 0.325 e. The molecule has 2 atom stereocenters. The van der Waals surface area contributed by atoms with Crippen LogP contribution in [-0.2, 0) is 21.5 Å². The SMILES string of the molecule is CCOc1cc2c(cc1NC(=O)CN1C(=O)N[C@@](C)(c3ccc(C(C)C)cc3)C1=O)O[C@@H](C)C2. The lowest BCUT2D eigenvalue weighted by molar-refractivity contribution is -0.133. The molecule has 0 bridgehead atoms. The largest absolute Gasteiger partial charge is 0.492 e. The maximum Gasteiger partial charge on any atom is 0.325 e. The molecule has 1 saturated heterocycles. The Morgan fingerprint density at radius 1 is 1.26 bits per heavy atom. The van der Waals surface area contributed by atoms with Crippen molar-refractivity contribution in [3.63, 3.8) is 0 Å². The lowest BCUT2D eigenvalue weighted by atomic mass is 9.90. The highest BCUT2D eigenvalue weighted by Crippen LogP contribution is 2.38. The van der Waals surface area contributed by atoms with E-state index in [-0.39, 0.29) is 6.10 Å². The Hall–Kier alpha value is -3.55. The topological polar surface area (TPSA) is 97.0 Å². The monoisotopic (exact) mass is 465 g/mol. The van der Waals surface area contributed by atoms with E-state index in [1.165, 1.54) is 0 Å². The van der Waals surface area contributed by atoms with E-state index in [0.29, 0.717) is 35.3 Å². The minimum Gasteiger partial charge on any atom is -0.492 e. The zero-order valence-electron chi connectivity index (χ0n) is 20.2. The molecular formula is C26H31N3O5. The van der Waals surface area contributed by atoms with Gasteiger partial charge < -0.3 is 20.1 Å². The number of benzene rings is 2. The first-order chi connectivity index (χ1) is 16.1. The average Bonchev–Trinajstić information content (AvgIpc) is 3.25. The normalized spacial score (nSPS) is 21.4. The van der Waals surface area contributed by atoms with Crippen molar-refractivity contribution in [1.82, 2.24) is 10.2 Å². The van der Waals surface area contributed by atoms with Gasteiger partial charge in [-0.1, -0.05) is 38.1 Å². The quantitative estimate of drug-likeness (QED) is 0.604. The Bertz CT molecular complexity index is 1130. The number of hydrogen-bond donors (Lipinski definition) is 2. The van der Waals surface area contributed by atoms with E-state index >= 15 is 0 Å². The molecule has 2 heterocycles. The number of nitrogens with zero attached hydrogens (tertiary/aromatic N) is 1. The minimum atomic E-state index is -1.24. The average molecular weight is 466 g/mol. The van der Waals surface area contributed by atoms with Gasteiger partial charge in [-0.25, -0.2) is 4.79 Å². The third kappa shape index (κ3) is 4.32. The number of carbonyl (C=O) groups is 3. The summed E-state index contributed by atoms with van der Waals surface area (Å²) < 4.78 is 11.5. The van der Waals surface area contributed by atoms with E-state index in [0.717, 1.165) is 22.4 Å². The highest BCUT2D eigenvalue weighted by atomic mass is 16.5. The number of rotatable bonds is 7. The summed E-state index contributed by atoms with van der Waals surface area (Å²) in [5, 5.41) is 5.52. The second-order valence-electron chi connectivity index (χ2n) is 9.29. The van der Waals surface area contributed by atoms with Gasteiger partial charge in [0.25, 0.3) is 5.91 Å². The Balaban J connectivity index is 1.50. The van der Waals surface area contributed by atoms with Crippen LogP contribution in [0.25, 0.3) is 0 Å². The van der Waals surface area contributed by atoms with Gasteiger partial charge in [-0.15, -0.1) is 0 Å². The van der Waals surface area contributed by atoms with Crippen LogP contribution in [0.1, 0.15) is 57.2 Å². The summed E-state index contributed by atoms with van der Waals surface area (Å²) in [4.78, 5) is 39.7. The van der Waals surface area contributed by atoms with Crippen molar-refractivity contribution < 1.29 is 23.9 Å². The molecule has 8 nitrogen and oxygen atoms in total. The molecule has 0 aliphatic carbocycles. The number of ether oxygens (including phenoxy) is 2. The van der Waals surface area contributed by atoms with Gasteiger partial charge in [-0.3, -0.25) is 14.5 Å². The second-order valence-corrected chi connectivity index (χ2v) is 9.29. The molecule has 8 heteroatoms. The number of amides is 4. The third-order valence-corrected chi connectivity index (χ3v) is 6.30. The van der Waals surface area contributed by atoms with Crippen molar-refractivity contribution in [1.29, 1.82) is 0 Å². The van der Waals surface area contributed by atoms with Crippen molar-refractivity contribution in [3.05, 3.63) is 53.1 Å². The van der Waals surface area contributed by atoms with Crippen LogP contribution in [0.15, 0.2) is 36.4 Å². The van der Waals surface area contributed by atoms with Gasteiger partial charge in [-0.05, 0) is 43.9 Å². The maximum absolute atomic E-state index is 13.2. The highest BCUT2D eigenvalue weighted by Gasteiger charge is 2.49. The molecular weight excluding hydrogens is 434 g/mol. The maximum atomic E-state index is 13.2. The van der Waals surface area contributed by atoms with Crippen molar-refractivity contribution in [3.8, 4) is 11.5 Å². The second kappa shape index (κ2) is 9.00. The molecule has 2 aliphatic rings. The zero-order valence-corrected chi connectivity index (χ0v) is 20.2. The Kier molecular flexibility index (Phi) is 6.25. The van der Waals surface area contributed by atoms with Gasteiger partial charge in [0, 0.05) is 18.1 Å². The van der Waals surface area contributed by atoms with Crippen LogP contribution >= 0.6 is 0 Å². The third-order valence-electron chi connectivity index (χ3n) is 6.30. The first-order valence-electron chi connectivity index (χ1n) is 11.6. The molecule has 4 rings (SSSR count). The van der Waals surface area contributed by atoms with Gasteiger partial charge >= 0.3 is 6.03 Å². The minimum absolute atomic E-state index is 0.0497. The number of anilines is 1. The van der Waals surface area contributed by atoms with Crippen LogP contribution in [-0.4, -0.2) is 42.0 Å². The van der Waals surface area contributed by atoms with Crippen LogP contribution in [0.5, 0.6) is 11.5 Å². The molecule has 0 unspecified atom stereocenters. The number of urea groups is 1. The molecule has 0 spiro atoms. The number of fused-ring (bicyclic) bond motifs is 1. The summed E-state index contributed by atoms with van der Waals surface area (Å²) in [5.41, 5.74) is 2.03. The van der Waals surface area contributed by atoms with Gasteiger partial charge in [0.1, 0.15) is 29.7 Å². The predicted molar refractivity (Wildman–Crippen MR) is 128 cm³/mol. The molecule has 34 heavy (non-hydrogen) atoms. The van der Waals surface area contributed by atoms with Gasteiger partial charge in [0.05, 0.1) is 12.3 Å².